The molecule has 1 saturated heterocycles. The van der Waals surface area contributed by atoms with E-state index < -0.39 is 5.97 Å². The monoisotopic (exact) mass is 299 g/mol. The SMILES string of the molecule is CC(C)(C)CNC1CC(CCC(=O)O)CN(CC(N)=O)C1. The van der Waals surface area contributed by atoms with Gasteiger partial charge in [-0.2, -0.15) is 0 Å². The number of rotatable bonds is 7. The Morgan fingerprint density at radius 2 is 2.00 bits per heavy atom. The molecule has 0 bridgehead atoms. The second kappa shape index (κ2) is 7.75. The summed E-state index contributed by atoms with van der Waals surface area (Å²) in [6, 6.07) is 0.288. The molecule has 122 valence electrons. The first-order valence-corrected chi connectivity index (χ1v) is 7.61. The quantitative estimate of drug-likeness (QED) is 0.642. The van der Waals surface area contributed by atoms with Crippen LogP contribution in [0.2, 0.25) is 0 Å². The highest BCUT2D eigenvalue weighted by atomic mass is 16.4. The Morgan fingerprint density at radius 1 is 1.33 bits per heavy atom. The Balaban J connectivity index is 2.56. The minimum Gasteiger partial charge on any atom is -0.481 e. The average molecular weight is 299 g/mol. The lowest BCUT2D eigenvalue weighted by Crippen LogP contribution is -2.52. The number of carboxylic acid groups (broad SMARTS) is 1. The van der Waals surface area contributed by atoms with Crippen LogP contribution in [0.15, 0.2) is 0 Å². The topological polar surface area (TPSA) is 95.7 Å². The molecule has 1 rings (SSSR count). The van der Waals surface area contributed by atoms with Crippen LogP contribution in [0.1, 0.15) is 40.0 Å². The van der Waals surface area contributed by atoms with Gasteiger partial charge in [0.25, 0.3) is 0 Å². The molecular weight excluding hydrogens is 270 g/mol. The Labute approximate surface area is 127 Å². The van der Waals surface area contributed by atoms with Crippen molar-refractivity contribution in [3.8, 4) is 0 Å². The number of carbonyl (C=O) groups is 2. The van der Waals surface area contributed by atoms with E-state index in [1.165, 1.54) is 0 Å². The van der Waals surface area contributed by atoms with Crippen molar-refractivity contribution in [3.63, 3.8) is 0 Å². The van der Waals surface area contributed by atoms with E-state index in [2.05, 4.69) is 26.1 Å². The lowest BCUT2D eigenvalue weighted by molar-refractivity contribution is -0.137. The highest BCUT2D eigenvalue weighted by molar-refractivity contribution is 5.75. The first-order valence-electron chi connectivity index (χ1n) is 7.61. The van der Waals surface area contributed by atoms with E-state index in [1.807, 2.05) is 4.90 Å². The number of nitrogens with zero attached hydrogens (tertiary/aromatic N) is 1. The van der Waals surface area contributed by atoms with Crippen molar-refractivity contribution in [3.05, 3.63) is 0 Å². The minimum absolute atomic E-state index is 0.182. The normalized spacial score (nSPS) is 24.0. The summed E-state index contributed by atoms with van der Waals surface area (Å²) < 4.78 is 0. The fourth-order valence-corrected chi connectivity index (χ4v) is 2.79. The molecular formula is C15H29N3O3. The summed E-state index contributed by atoms with van der Waals surface area (Å²) in [6.07, 6.45) is 1.79. The lowest BCUT2D eigenvalue weighted by atomic mass is 9.89. The number of nitrogens with two attached hydrogens (primary N) is 1. The van der Waals surface area contributed by atoms with Crippen molar-refractivity contribution >= 4 is 11.9 Å². The number of amides is 1. The summed E-state index contributed by atoms with van der Waals surface area (Å²) in [6.45, 7) is 9.21. The summed E-state index contributed by atoms with van der Waals surface area (Å²) in [4.78, 5) is 23.9. The molecule has 1 aliphatic heterocycles. The van der Waals surface area contributed by atoms with Crippen molar-refractivity contribution < 1.29 is 14.7 Å². The van der Waals surface area contributed by atoms with Gasteiger partial charge in [0.2, 0.25) is 5.91 Å². The number of hydrogen-bond acceptors (Lipinski definition) is 4. The first-order chi connectivity index (χ1) is 9.65. The number of primary amides is 1. The number of likely N-dealkylation sites (tertiary alicyclic amines) is 1. The van der Waals surface area contributed by atoms with Crippen molar-refractivity contribution in [2.45, 2.75) is 46.1 Å². The fraction of sp³-hybridized carbons (Fsp3) is 0.867. The van der Waals surface area contributed by atoms with Crippen LogP contribution in [0.5, 0.6) is 0 Å². The van der Waals surface area contributed by atoms with Crippen molar-refractivity contribution in [2.75, 3.05) is 26.2 Å². The van der Waals surface area contributed by atoms with Gasteiger partial charge in [0.15, 0.2) is 0 Å². The minimum atomic E-state index is -0.763. The number of aliphatic carboxylic acids is 1. The summed E-state index contributed by atoms with van der Waals surface area (Å²) in [5, 5.41) is 12.4. The Bertz CT molecular complexity index is 366. The van der Waals surface area contributed by atoms with Crippen molar-refractivity contribution in [2.24, 2.45) is 17.1 Å². The second-order valence-corrected chi connectivity index (χ2v) is 7.33. The summed E-state index contributed by atoms with van der Waals surface area (Å²) in [5.74, 6) is -0.795. The lowest BCUT2D eigenvalue weighted by Gasteiger charge is -2.38. The van der Waals surface area contributed by atoms with E-state index in [-0.39, 0.29) is 30.3 Å². The Kier molecular flexibility index (Phi) is 6.61. The molecule has 6 nitrogen and oxygen atoms in total. The molecule has 2 unspecified atom stereocenters. The highest BCUT2D eigenvalue weighted by Gasteiger charge is 2.28. The standard InChI is InChI=1S/C15H29N3O3/c1-15(2,3)10-17-12-6-11(4-5-14(20)21)7-18(8-12)9-13(16)19/h11-12,17H,4-10H2,1-3H3,(H2,16,19)(H,20,21). The van der Waals surface area contributed by atoms with E-state index in [0.29, 0.717) is 12.3 Å². The van der Waals surface area contributed by atoms with Crippen LogP contribution in [0, 0.1) is 11.3 Å². The molecule has 0 aromatic carbocycles. The molecule has 0 saturated carbocycles. The van der Waals surface area contributed by atoms with Gasteiger partial charge < -0.3 is 16.2 Å². The number of hydrogen-bond donors (Lipinski definition) is 3. The van der Waals surface area contributed by atoms with E-state index in [4.69, 9.17) is 10.8 Å². The van der Waals surface area contributed by atoms with E-state index in [9.17, 15) is 9.59 Å². The van der Waals surface area contributed by atoms with Crippen molar-refractivity contribution in [1.82, 2.24) is 10.2 Å². The van der Waals surface area contributed by atoms with Gasteiger partial charge in [-0.1, -0.05) is 20.8 Å². The van der Waals surface area contributed by atoms with Gasteiger partial charge in [0.05, 0.1) is 6.54 Å². The molecule has 1 aliphatic rings. The van der Waals surface area contributed by atoms with Gasteiger partial charge in [-0.05, 0) is 24.2 Å². The van der Waals surface area contributed by atoms with Crippen LogP contribution in [0.4, 0.5) is 0 Å². The predicted molar refractivity (Wildman–Crippen MR) is 81.9 cm³/mol. The molecule has 0 radical (unpaired) electrons. The third-order valence-corrected chi connectivity index (χ3v) is 3.68. The molecule has 0 spiro atoms. The largest absolute Gasteiger partial charge is 0.481 e. The van der Waals surface area contributed by atoms with Crippen LogP contribution < -0.4 is 11.1 Å². The van der Waals surface area contributed by atoms with Gasteiger partial charge in [-0.25, -0.2) is 0 Å². The van der Waals surface area contributed by atoms with E-state index in [1.54, 1.807) is 0 Å². The number of piperidine rings is 1. The third-order valence-electron chi connectivity index (χ3n) is 3.68. The Morgan fingerprint density at radius 3 is 2.52 bits per heavy atom. The molecule has 0 aliphatic carbocycles. The highest BCUT2D eigenvalue weighted by Crippen LogP contribution is 2.22. The van der Waals surface area contributed by atoms with E-state index >= 15 is 0 Å². The average Bonchev–Trinajstić information content (AvgIpc) is 2.32. The maximum Gasteiger partial charge on any atom is 0.303 e. The van der Waals surface area contributed by atoms with Gasteiger partial charge in [0.1, 0.15) is 0 Å². The number of nitrogens with one attached hydrogen (secondary N) is 1. The molecule has 1 amide bonds. The van der Waals surface area contributed by atoms with E-state index in [0.717, 1.165) is 26.1 Å². The smallest absolute Gasteiger partial charge is 0.303 e. The second-order valence-electron chi connectivity index (χ2n) is 7.33. The molecule has 1 fully saturated rings. The van der Waals surface area contributed by atoms with Crippen molar-refractivity contribution in [1.29, 1.82) is 0 Å². The maximum absolute atomic E-state index is 11.1. The molecule has 6 heteroatoms. The van der Waals surface area contributed by atoms with Gasteiger partial charge in [-0.3, -0.25) is 14.5 Å². The zero-order valence-electron chi connectivity index (χ0n) is 13.4. The summed E-state index contributed by atoms with van der Waals surface area (Å²) in [7, 11) is 0. The fourth-order valence-electron chi connectivity index (χ4n) is 2.79. The molecule has 0 aromatic heterocycles. The Hall–Kier alpha value is -1.14. The first kappa shape index (κ1) is 17.9. The van der Waals surface area contributed by atoms with Crippen LogP contribution in [0.25, 0.3) is 0 Å². The number of carbonyl (C=O) groups excluding carboxylic acids is 1. The molecule has 0 aromatic rings. The maximum atomic E-state index is 11.1. The van der Waals surface area contributed by atoms with Gasteiger partial charge in [-0.15, -0.1) is 0 Å². The predicted octanol–water partition coefficient (Wildman–Crippen LogP) is 0.663. The molecule has 1 heterocycles. The summed E-state index contributed by atoms with van der Waals surface area (Å²) >= 11 is 0. The van der Waals surface area contributed by atoms with Crippen LogP contribution >= 0.6 is 0 Å². The third kappa shape index (κ3) is 8.02. The van der Waals surface area contributed by atoms with Gasteiger partial charge in [0, 0.05) is 32.1 Å². The molecule has 4 N–H and O–H groups in total. The van der Waals surface area contributed by atoms with Crippen LogP contribution in [-0.4, -0.2) is 54.1 Å². The van der Waals surface area contributed by atoms with Crippen LogP contribution in [-0.2, 0) is 9.59 Å². The molecule has 2 atom stereocenters. The van der Waals surface area contributed by atoms with Crippen LogP contribution in [0.3, 0.4) is 0 Å². The zero-order chi connectivity index (χ0) is 16.0. The number of carboxylic acids is 1. The molecule has 21 heavy (non-hydrogen) atoms. The van der Waals surface area contributed by atoms with Gasteiger partial charge >= 0.3 is 5.97 Å². The zero-order valence-corrected chi connectivity index (χ0v) is 13.4. The summed E-state index contributed by atoms with van der Waals surface area (Å²) in [5.41, 5.74) is 5.48.